The monoisotopic (exact) mass is 436 g/mol. The van der Waals surface area contributed by atoms with Crippen LogP contribution in [0.3, 0.4) is 0 Å². The molecule has 2 N–H and O–H groups in total. The highest BCUT2D eigenvalue weighted by molar-refractivity contribution is 6.31. The minimum atomic E-state index is -0.588. The normalized spacial score (nSPS) is 10.7. The van der Waals surface area contributed by atoms with Gasteiger partial charge in [-0.15, -0.1) is 0 Å². The predicted octanol–water partition coefficient (Wildman–Crippen LogP) is 5.82. The summed E-state index contributed by atoms with van der Waals surface area (Å²) in [6.45, 7) is 1.88. The van der Waals surface area contributed by atoms with Crippen molar-refractivity contribution in [2.45, 2.75) is 6.92 Å². The molecule has 0 unspecified atom stereocenters. The van der Waals surface area contributed by atoms with Crippen LogP contribution in [0.1, 0.15) is 15.9 Å². The van der Waals surface area contributed by atoms with Gasteiger partial charge in [0, 0.05) is 41.0 Å². The summed E-state index contributed by atoms with van der Waals surface area (Å²) < 4.78 is 20.8. The zero-order valence-corrected chi connectivity index (χ0v) is 17.5. The van der Waals surface area contributed by atoms with Crippen LogP contribution in [0.2, 0.25) is 5.02 Å². The molecule has 0 saturated carbocycles. The fourth-order valence-electron chi connectivity index (χ4n) is 3.08. The predicted molar refractivity (Wildman–Crippen MR) is 120 cm³/mol. The third-order valence-electron chi connectivity index (χ3n) is 4.70. The van der Waals surface area contributed by atoms with Gasteiger partial charge < -0.3 is 15.4 Å². The molecule has 0 fully saturated rings. The van der Waals surface area contributed by atoms with E-state index < -0.39 is 5.82 Å². The third kappa shape index (κ3) is 4.27. The SMILES string of the molecule is CNc1nccc(Oc2ccc3c(C(=O)Nc4ccc(C)c(Cl)c4)cccc3c2F)n1. The van der Waals surface area contributed by atoms with E-state index in [1.165, 1.54) is 18.3 Å². The van der Waals surface area contributed by atoms with Gasteiger partial charge in [-0.25, -0.2) is 9.37 Å². The number of benzene rings is 3. The van der Waals surface area contributed by atoms with Gasteiger partial charge in [-0.2, -0.15) is 4.98 Å². The standard InChI is InChI=1S/C23H18ClFN4O2/c1-13-6-7-14(12-18(13)24)28-22(30)17-5-3-4-16-15(17)8-9-19(21(16)25)31-20-10-11-27-23(26-2)29-20/h3-12H,1-2H3,(H,28,30)(H,26,27,29). The third-order valence-corrected chi connectivity index (χ3v) is 5.11. The first kappa shape index (κ1) is 20.6. The van der Waals surface area contributed by atoms with Gasteiger partial charge in [0.1, 0.15) is 0 Å². The van der Waals surface area contributed by atoms with Gasteiger partial charge in [-0.3, -0.25) is 4.79 Å². The topological polar surface area (TPSA) is 76.1 Å². The quantitative estimate of drug-likeness (QED) is 0.412. The summed E-state index contributed by atoms with van der Waals surface area (Å²) >= 11 is 6.13. The number of aromatic nitrogens is 2. The summed E-state index contributed by atoms with van der Waals surface area (Å²) in [5.41, 5.74) is 1.80. The fourth-order valence-corrected chi connectivity index (χ4v) is 3.26. The number of fused-ring (bicyclic) bond motifs is 1. The van der Waals surface area contributed by atoms with Crippen LogP contribution in [0.25, 0.3) is 10.8 Å². The van der Waals surface area contributed by atoms with Crippen molar-refractivity contribution in [3.63, 3.8) is 0 Å². The molecular weight excluding hydrogens is 419 g/mol. The number of aryl methyl sites for hydroxylation is 1. The molecule has 1 aromatic heterocycles. The molecule has 4 aromatic rings. The first-order valence-electron chi connectivity index (χ1n) is 9.43. The number of anilines is 2. The van der Waals surface area contributed by atoms with E-state index in [0.29, 0.717) is 27.6 Å². The summed E-state index contributed by atoms with van der Waals surface area (Å²) in [6.07, 6.45) is 1.51. The van der Waals surface area contributed by atoms with E-state index in [2.05, 4.69) is 20.6 Å². The van der Waals surface area contributed by atoms with Crippen LogP contribution in [0.4, 0.5) is 16.0 Å². The number of amides is 1. The van der Waals surface area contributed by atoms with E-state index in [4.69, 9.17) is 16.3 Å². The molecule has 0 atom stereocenters. The highest BCUT2D eigenvalue weighted by Crippen LogP contribution is 2.31. The van der Waals surface area contributed by atoms with Crippen LogP contribution in [-0.2, 0) is 0 Å². The number of nitrogens with zero attached hydrogens (tertiary/aromatic N) is 2. The van der Waals surface area contributed by atoms with Crippen molar-refractivity contribution in [2.75, 3.05) is 17.7 Å². The molecule has 8 heteroatoms. The molecule has 0 saturated heterocycles. The van der Waals surface area contributed by atoms with Gasteiger partial charge in [-0.05, 0) is 48.2 Å². The van der Waals surface area contributed by atoms with Crippen LogP contribution in [0.5, 0.6) is 11.6 Å². The number of hydrogen-bond acceptors (Lipinski definition) is 5. The van der Waals surface area contributed by atoms with E-state index in [1.807, 2.05) is 13.0 Å². The smallest absolute Gasteiger partial charge is 0.256 e. The molecule has 6 nitrogen and oxygen atoms in total. The Morgan fingerprint density at radius 2 is 1.94 bits per heavy atom. The maximum absolute atomic E-state index is 15.2. The maximum Gasteiger partial charge on any atom is 0.256 e. The Labute approximate surface area is 183 Å². The molecule has 4 rings (SSSR count). The van der Waals surface area contributed by atoms with Crippen molar-refractivity contribution in [3.8, 4) is 11.6 Å². The van der Waals surface area contributed by atoms with Gasteiger partial charge in [0.2, 0.25) is 11.8 Å². The average Bonchev–Trinajstić information content (AvgIpc) is 2.78. The van der Waals surface area contributed by atoms with Crippen LogP contribution in [-0.4, -0.2) is 22.9 Å². The lowest BCUT2D eigenvalue weighted by Gasteiger charge is -2.12. The highest BCUT2D eigenvalue weighted by Gasteiger charge is 2.16. The summed E-state index contributed by atoms with van der Waals surface area (Å²) in [5, 5.41) is 6.87. The number of hydrogen-bond donors (Lipinski definition) is 2. The van der Waals surface area contributed by atoms with Crippen LogP contribution < -0.4 is 15.4 Å². The van der Waals surface area contributed by atoms with Crippen molar-refractivity contribution in [2.24, 2.45) is 0 Å². The van der Waals surface area contributed by atoms with E-state index in [-0.39, 0.29) is 22.9 Å². The second-order valence-corrected chi connectivity index (χ2v) is 7.17. The molecule has 0 radical (unpaired) electrons. The van der Waals surface area contributed by atoms with Gasteiger partial charge in [0.05, 0.1) is 0 Å². The molecule has 156 valence electrons. The first-order valence-corrected chi connectivity index (χ1v) is 9.81. The first-order chi connectivity index (χ1) is 15.0. The van der Waals surface area contributed by atoms with Crippen molar-refractivity contribution >= 4 is 39.9 Å². The van der Waals surface area contributed by atoms with E-state index in [0.717, 1.165) is 5.56 Å². The second-order valence-electron chi connectivity index (χ2n) is 6.77. The zero-order valence-electron chi connectivity index (χ0n) is 16.7. The zero-order chi connectivity index (χ0) is 22.0. The number of ether oxygens (including phenoxy) is 1. The molecule has 1 amide bonds. The highest BCUT2D eigenvalue weighted by atomic mass is 35.5. The minimum Gasteiger partial charge on any atom is -0.436 e. The molecular formula is C23H18ClFN4O2. The number of rotatable bonds is 5. The van der Waals surface area contributed by atoms with Crippen LogP contribution >= 0.6 is 11.6 Å². The largest absolute Gasteiger partial charge is 0.436 e. The van der Waals surface area contributed by atoms with Gasteiger partial charge >= 0.3 is 0 Å². The number of carbonyl (C=O) groups excluding carboxylic acids is 1. The molecule has 3 aromatic carbocycles. The molecule has 0 aliphatic rings. The lowest BCUT2D eigenvalue weighted by atomic mass is 10.0. The summed E-state index contributed by atoms with van der Waals surface area (Å²) in [4.78, 5) is 21.0. The van der Waals surface area contributed by atoms with Crippen molar-refractivity contribution in [1.82, 2.24) is 9.97 Å². The number of halogens is 2. The van der Waals surface area contributed by atoms with E-state index >= 15 is 4.39 Å². The second kappa shape index (κ2) is 8.57. The van der Waals surface area contributed by atoms with E-state index in [1.54, 1.807) is 43.4 Å². The Bertz CT molecular complexity index is 1300. The van der Waals surface area contributed by atoms with Crippen molar-refractivity contribution in [3.05, 3.63) is 82.8 Å². The maximum atomic E-state index is 15.2. The Kier molecular flexibility index (Phi) is 5.68. The van der Waals surface area contributed by atoms with Gasteiger partial charge in [0.25, 0.3) is 5.91 Å². The Morgan fingerprint density at radius 1 is 1.10 bits per heavy atom. The number of nitrogens with one attached hydrogen (secondary N) is 2. The number of carbonyl (C=O) groups is 1. The van der Waals surface area contributed by atoms with Crippen LogP contribution in [0, 0.1) is 12.7 Å². The molecule has 31 heavy (non-hydrogen) atoms. The lowest BCUT2D eigenvalue weighted by molar-refractivity contribution is 0.102. The molecule has 1 heterocycles. The average molecular weight is 437 g/mol. The molecule has 0 bridgehead atoms. The van der Waals surface area contributed by atoms with Crippen molar-refractivity contribution < 1.29 is 13.9 Å². The van der Waals surface area contributed by atoms with Gasteiger partial charge in [-0.1, -0.05) is 29.8 Å². The lowest BCUT2D eigenvalue weighted by Crippen LogP contribution is -2.12. The Balaban J connectivity index is 1.66. The molecule has 0 aliphatic heterocycles. The van der Waals surface area contributed by atoms with Crippen molar-refractivity contribution in [1.29, 1.82) is 0 Å². The fraction of sp³-hybridized carbons (Fsp3) is 0.0870. The van der Waals surface area contributed by atoms with E-state index in [9.17, 15) is 4.79 Å². The van der Waals surface area contributed by atoms with Crippen LogP contribution in [0.15, 0.2) is 60.8 Å². The Hall–Kier alpha value is -3.71. The van der Waals surface area contributed by atoms with Gasteiger partial charge in [0.15, 0.2) is 11.6 Å². The summed E-state index contributed by atoms with van der Waals surface area (Å²) in [7, 11) is 1.67. The molecule has 0 aliphatic carbocycles. The summed E-state index contributed by atoms with van der Waals surface area (Å²) in [6, 6.07) is 14.7. The molecule has 0 spiro atoms. The Morgan fingerprint density at radius 3 is 2.71 bits per heavy atom. The minimum absolute atomic E-state index is 0.00359. The summed E-state index contributed by atoms with van der Waals surface area (Å²) in [5.74, 6) is -0.407.